The zero-order valence-corrected chi connectivity index (χ0v) is 22.7. The first-order valence-electron chi connectivity index (χ1n) is 11.8. The van der Waals surface area contributed by atoms with Crippen LogP contribution in [-0.2, 0) is 27.5 Å². The number of halogens is 5. The van der Waals surface area contributed by atoms with Gasteiger partial charge in [0.15, 0.2) is 0 Å². The number of nitrogens with zero attached hydrogens (tertiary/aromatic N) is 1. The molecule has 13 heteroatoms. The van der Waals surface area contributed by atoms with Gasteiger partial charge in [0.1, 0.15) is 24.0 Å². The number of ether oxygens (including phenoxy) is 2. The molecule has 0 spiro atoms. The van der Waals surface area contributed by atoms with Crippen LogP contribution in [0.1, 0.15) is 27.2 Å². The molecular formula is C28H23F5N2O5S. The van der Waals surface area contributed by atoms with Crippen LogP contribution in [0, 0.1) is 18.6 Å². The number of aromatic nitrogens is 1. The van der Waals surface area contributed by atoms with Crippen LogP contribution in [0.15, 0.2) is 66.7 Å². The number of alkyl halides is 3. The molecule has 41 heavy (non-hydrogen) atoms. The Morgan fingerprint density at radius 1 is 0.976 bits per heavy atom. The Kier molecular flexibility index (Phi) is 8.11. The smallest absolute Gasteiger partial charge is 0.416 e. The van der Waals surface area contributed by atoms with Gasteiger partial charge < -0.3 is 14.0 Å². The first-order valence-corrected chi connectivity index (χ1v) is 13.7. The maximum absolute atomic E-state index is 14.2. The molecule has 0 aliphatic carbocycles. The van der Waals surface area contributed by atoms with Gasteiger partial charge in [0.05, 0.1) is 35.9 Å². The molecule has 0 bridgehead atoms. The topological polar surface area (TPSA) is 86.6 Å². The Hall–Kier alpha value is -4.39. The number of benzene rings is 3. The maximum atomic E-state index is 14.2. The summed E-state index contributed by atoms with van der Waals surface area (Å²) in [5.74, 6) is -2.50. The van der Waals surface area contributed by atoms with E-state index in [1.165, 1.54) is 28.8 Å². The van der Waals surface area contributed by atoms with Crippen LogP contribution in [0.25, 0.3) is 16.9 Å². The summed E-state index contributed by atoms with van der Waals surface area (Å²) in [6.07, 6.45) is -3.79. The number of sulfonamides is 1. The highest BCUT2D eigenvalue weighted by Crippen LogP contribution is 2.39. The Morgan fingerprint density at radius 3 is 2.34 bits per heavy atom. The second-order valence-electron chi connectivity index (χ2n) is 9.06. The zero-order valence-electron chi connectivity index (χ0n) is 21.8. The quantitative estimate of drug-likeness (QED) is 0.186. The Balaban J connectivity index is 1.89. The van der Waals surface area contributed by atoms with E-state index in [0.717, 1.165) is 43.7 Å². The third kappa shape index (κ3) is 6.85. The summed E-state index contributed by atoms with van der Waals surface area (Å²) in [6.45, 7) is 1.24. The van der Waals surface area contributed by atoms with Gasteiger partial charge in [-0.3, -0.25) is 4.72 Å². The average Bonchev–Trinajstić information content (AvgIpc) is 3.27. The summed E-state index contributed by atoms with van der Waals surface area (Å²) in [5, 5.41) is 0. The molecule has 0 amide bonds. The van der Waals surface area contributed by atoms with E-state index in [1.54, 1.807) is 13.0 Å². The van der Waals surface area contributed by atoms with Gasteiger partial charge in [0, 0.05) is 28.6 Å². The second-order valence-corrected chi connectivity index (χ2v) is 10.8. The SMILES string of the molecule is COC(=O)c1cc(NS(C)(=O)=O)cc(-n2c(C)ccc2-c2cc(C(F)(F)F)ccc2OCc2ccc(F)cc2F)c1. The van der Waals surface area contributed by atoms with Crippen molar-refractivity contribution >= 4 is 21.7 Å². The van der Waals surface area contributed by atoms with Crippen molar-refractivity contribution in [3.05, 3.63) is 101 Å². The predicted molar refractivity (Wildman–Crippen MR) is 141 cm³/mol. The Bertz CT molecular complexity index is 1730. The monoisotopic (exact) mass is 594 g/mol. The average molecular weight is 595 g/mol. The summed E-state index contributed by atoms with van der Waals surface area (Å²) >= 11 is 0. The van der Waals surface area contributed by atoms with Crippen LogP contribution < -0.4 is 9.46 Å². The number of carbonyl (C=O) groups is 1. The fraction of sp³-hybridized carbons (Fsp3) is 0.179. The summed E-state index contributed by atoms with van der Waals surface area (Å²) in [6, 6.07) is 12.8. The molecule has 4 aromatic rings. The number of carbonyl (C=O) groups excluding carboxylic acids is 1. The van der Waals surface area contributed by atoms with E-state index in [0.29, 0.717) is 11.8 Å². The summed E-state index contributed by atoms with van der Waals surface area (Å²) in [4.78, 5) is 12.4. The minimum Gasteiger partial charge on any atom is -0.488 e. The molecule has 0 fully saturated rings. The molecule has 0 radical (unpaired) electrons. The minimum absolute atomic E-state index is 0.0109. The highest BCUT2D eigenvalue weighted by atomic mass is 32.2. The summed E-state index contributed by atoms with van der Waals surface area (Å²) in [5.41, 5.74) is -0.122. The lowest BCUT2D eigenvalue weighted by Crippen LogP contribution is -2.12. The van der Waals surface area contributed by atoms with Gasteiger partial charge in [-0.2, -0.15) is 13.2 Å². The fourth-order valence-corrected chi connectivity index (χ4v) is 4.71. The highest BCUT2D eigenvalue weighted by molar-refractivity contribution is 7.92. The number of hydrogen-bond acceptors (Lipinski definition) is 5. The van der Waals surface area contributed by atoms with Crippen LogP contribution in [0.5, 0.6) is 5.75 Å². The molecule has 0 saturated carbocycles. The van der Waals surface area contributed by atoms with Crippen molar-refractivity contribution < 1.29 is 44.6 Å². The van der Waals surface area contributed by atoms with Gasteiger partial charge in [-0.1, -0.05) is 0 Å². The van der Waals surface area contributed by atoms with Crippen LogP contribution in [0.4, 0.5) is 27.6 Å². The van der Waals surface area contributed by atoms with Crippen molar-refractivity contribution in [2.75, 3.05) is 18.1 Å². The van der Waals surface area contributed by atoms with E-state index < -0.39 is 46.0 Å². The number of methoxy groups -OCH3 is 1. The number of rotatable bonds is 8. The molecule has 0 aliphatic heterocycles. The minimum atomic E-state index is -4.71. The van der Waals surface area contributed by atoms with Crippen LogP contribution in [0.2, 0.25) is 0 Å². The van der Waals surface area contributed by atoms with Gasteiger partial charge >= 0.3 is 12.1 Å². The largest absolute Gasteiger partial charge is 0.488 e. The van der Waals surface area contributed by atoms with Crippen molar-refractivity contribution in [3.8, 4) is 22.7 Å². The van der Waals surface area contributed by atoms with E-state index in [2.05, 4.69) is 4.72 Å². The molecule has 1 heterocycles. The number of hydrogen-bond donors (Lipinski definition) is 1. The maximum Gasteiger partial charge on any atom is 0.416 e. The number of nitrogens with one attached hydrogen (secondary N) is 1. The third-order valence-electron chi connectivity index (χ3n) is 5.96. The first-order chi connectivity index (χ1) is 19.2. The molecule has 0 atom stereocenters. The number of aryl methyl sites for hydroxylation is 1. The standard InChI is InChI=1S/C28H23F5N2O5S/c1-16-4-8-25(35(16)22-11-18(27(36)39-2)10-21(14-22)34-41(3,37)38)23-12-19(28(31,32)33)6-9-26(23)40-15-17-5-7-20(29)13-24(17)30/h4-14,34H,15H2,1-3H3. The molecule has 216 valence electrons. The van der Waals surface area contributed by atoms with Crippen molar-refractivity contribution in [1.82, 2.24) is 4.57 Å². The first kappa shape index (κ1) is 29.6. The molecule has 7 nitrogen and oxygen atoms in total. The van der Waals surface area contributed by atoms with E-state index in [4.69, 9.17) is 9.47 Å². The van der Waals surface area contributed by atoms with Crippen molar-refractivity contribution in [3.63, 3.8) is 0 Å². The van der Waals surface area contributed by atoms with Crippen molar-refractivity contribution in [1.29, 1.82) is 0 Å². The van der Waals surface area contributed by atoms with Crippen LogP contribution >= 0.6 is 0 Å². The highest BCUT2D eigenvalue weighted by Gasteiger charge is 2.32. The van der Waals surface area contributed by atoms with Gasteiger partial charge in [0.25, 0.3) is 0 Å². The summed E-state index contributed by atoms with van der Waals surface area (Å²) in [7, 11) is -2.62. The lowest BCUT2D eigenvalue weighted by molar-refractivity contribution is -0.137. The molecule has 0 aliphatic rings. The normalized spacial score (nSPS) is 11.8. The number of anilines is 1. The molecule has 1 aromatic heterocycles. The molecular weight excluding hydrogens is 571 g/mol. The Morgan fingerprint density at radius 2 is 1.71 bits per heavy atom. The van der Waals surface area contributed by atoms with Crippen LogP contribution in [-0.4, -0.2) is 32.3 Å². The molecule has 1 N–H and O–H groups in total. The molecule has 0 saturated heterocycles. The van der Waals surface area contributed by atoms with Crippen molar-refractivity contribution in [2.45, 2.75) is 19.7 Å². The van der Waals surface area contributed by atoms with Gasteiger partial charge in [-0.25, -0.2) is 22.0 Å². The summed E-state index contributed by atoms with van der Waals surface area (Å²) < 4.78 is 107. The number of esters is 1. The molecule has 0 unspecified atom stereocenters. The van der Waals surface area contributed by atoms with E-state index >= 15 is 0 Å². The van der Waals surface area contributed by atoms with E-state index in [-0.39, 0.29) is 39.5 Å². The predicted octanol–water partition coefficient (Wildman–Crippen LogP) is 6.49. The van der Waals surface area contributed by atoms with Gasteiger partial charge in [0.2, 0.25) is 10.0 Å². The van der Waals surface area contributed by atoms with E-state index in [9.17, 15) is 35.2 Å². The van der Waals surface area contributed by atoms with Crippen LogP contribution in [0.3, 0.4) is 0 Å². The van der Waals surface area contributed by atoms with Gasteiger partial charge in [-0.15, -0.1) is 0 Å². The lowest BCUT2D eigenvalue weighted by atomic mass is 10.1. The van der Waals surface area contributed by atoms with E-state index in [1.807, 2.05) is 0 Å². The van der Waals surface area contributed by atoms with Gasteiger partial charge in [-0.05, 0) is 67.6 Å². The molecule has 3 aromatic carbocycles. The Labute approximate surface area is 232 Å². The molecule has 4 rings (SSSR count). The second kappa shape index (κ2) is 11.2. The lowest BCUT2D eigenvalue weighted by Gasteiger charge is -2.19. The zero-order chi connectivity index (χ0) is 30.1. The fourth-order valence-electron chi connectivity index (χ4n) is 4.17. The third-order valence-corrected chi connectivity index (χ3v) is 6.56. The van der Waals surface area contributed by atoms with Crippen molar-refractivity contribution in [2.24, 2.45) is 0 Å².